The third kappa shape index (κ3) is 2.29. The van der Waals surface area contributed by atoms with Gasteiger partial charge in [-0.05, 0) is 6.92 Å². The lowest BCUT2D eigenvalue weighted by atomic mass is 10.1. The summed E-state index contributed by atoms with van der Waals surface area (Å²) in [6.07, 6.45) is 1.77. The number of aliphatic carboxylic acids is 1. The van der Waals surface area contributed by atoms with Crippen LogP contribution in [-0.2, 0) is 9.53 Å². The Hall–Kier alpha value is -0.870. The minimum absolute atomic E-state index is 0.425. The van der Waals surface area contributed by atoms with Gasteiger partial charge in [0.2, 0.25) is 0 Å². The van der Waals surface area contributed by atoms with Crippen LogP contribution in [0.3, 0.4) is 0 Å². The van der Waals surface area contributed by atoms with Crippen molar-refractivity contribution in [1.82, 2.24) is 4.90 Å². The van der Waals surface area contributed by atoms with Gasteiger partial charge >= 0.3 is 5.97 Å². The monoisotopic (exact) mass is 185 g/mol. The van der Waals surface area contributed by atoms with Crippen molar-refractivity contribution in [3.63, 3.8) is 0 Å². The summed E-state index contributed by atoms with van der Waals surface area (Å²) in [6, 6.07) is 0. The average molecular weight is 185 g/mol. The molecule has 4 nitrogen and oxygen atoms in total. The Bertz CT molecular complexity index is 217. The van der Waals surface area contributed by atoms with Crippen LogP contribution in [0.2, 0.25) is 0 Å². The van der Waals surface area contributed by atoms with Crippen LogP contribution in [0.15, 0.2) is 12.7 Å². The second kappa shape index (κ2) is 3.89. The molecule has 0 radical (unpaired) electrons. The van der Waals surface area contributed by atoms with E-state index in [9.17, 15) is 4.79 Å². The van der Waals surface area contributed by atoms with Crippen molar-refractivity contribution in [1.29, 1.82) is 0 Å². The van der Waals surface area contributed by atoms with Crippen molar-refractivity contribution in [3.8, 4) is 0 Å². The molecule has 1 atom stereocenters. The molecule has 1 unspecified atom stereocenters. The molecular weight excluding hydrogens is 170 g/mol. The van der Waals surface area contributed by atoms with E-state index < -0.39 is 11.6 Å². The molecule has 4 heteroatoms. The molecule has 0 amide bonds. The van der Waals surface area contributed by atoms with E-state index in [4.69, 9.17) is 9.84 Å². The van der Waals surface area contributed by atoms with Crippen LogP contribution in [-0.4, -0.2) is 47.8 Å². The molecule has 1 rings (SSSR count). The zero-order chi connectivity index (χ0) is 9.90. The zero-order valence-electron chi connectivity index (χ0n) is 7.82. The smallest absolute Gasteiger partial charge is 0.337 e. The third-order valence-electron chi connectivity index (χ3n) is 2.19. The minimum atomic E-state index is -1.05. The van der Waals surface area contributed by atoms with Gasteiger partial charge in [0.15, 0.2) is 5.60 Å². The summed E-state index contributed by atoms with van der Waals surface area (Å²) >= 11 is 0. The second-order valence-electron chi connectivity index (χ2n) is 3.41. The number of carbonyl (C=O) groups is 1. The predicted molar refractivity (Wildman–Crippen MR) is 48.6 cm³/mol. The van der Waals surface area contributed by atoms with Crippen LogP contribution in [0.25, 0.3) is 0 Å². The Morgan fingerprint density at radius 2 is 2.54 bits per heavy atom. The Kier molecular flexibility index (Phi) is 3.06. The van der Waals surface area contributed by atoms with Crippen molar-refractivity contribution in [2.75, 3.05) is 26.2 Å². The van der Waals surface area contributed by atoms with Crippen molar-refractivity contribution in [2.45, 2.75) is 12.5 Å². The van der Waals surface area contributed by atoms with E-state index in [0.29, 0.717) is 19.7 Å². The molecule has 1 aliphatic heterocycles. The van der Waals surface area contributed by atoms with Crippen molar-refractivity contribution in [2.24, 2.45) is 0 Å². The highest BCUT2D eigenvalue weighted by Gasteiger charge is 2.38. The lowest BCUT2D eigenvalue weighted by molar-refractivity contribution is -0.173. The SMILES string of the molecule is C=CCN1CCOC(C)(C(=O)O)C1. The molecule has 0 spiro atoms. The van der Waals surface area contributed by atoms with Crippen LogP contribution in [0.1, 0.15) is 6.92 Å². The molecule has 1 aliphatic rings. The maximum absolute atomic E-state index is 10.8. The Morgan fingerprint density at radius 1 is 1.85 bits per heavy atom. The Labute approximate surface area is 77.8 Å². The first-order valence-electron chi connectivity index (χ1n) is 4.29. The Morgan fingerprint density at radius 3 is 3.08 bits per heavy atom. The molecule has 1 fully saturated rings. The highest BCUT2D eigenvalue weighted by Crippen LogP contribution is 2.17. The highest BCUT2D eigenvalue weighted by molar-refractivity contribution is 5.77. The maximum atomic E-state index is 10.8. The molecule has 0 aromatic carbocycles. The normalized spacial score (nSPS) is 29.9. The highest BCUT2D eigenvalue weighted by atomic mass is 16.5. The minimum Gasteiger partial charge on any atom is -0.479 e. The van der Waals surface area contributed by atoms with Crippen LogP contribution in [0, 0.1) is 0 Å². The molecule has 13 heavy (non-hydrogen) atoms. The second-order valence-corrected chi connectivity index (χ2v) is 3.41. The number of carboxylic acid groups (broad SMARTS) is 1. The van der Waals surface area contributed by atoms with Gasteiger partial charge in [0.05, 0.1) is 6.61 Å². The van der Waals surface area contributed by atoms with Crippen LogP contribution in [0.4, 0.5) is 0 Å². The summed E-state index contributed by atoms with van der Waals surface area (Å²) < 4.78 is 5.23. The van der Waals surface area contributed by atoms with E-state index in [1.807, 2.05) is 4.90 Å². The van der Waals surface area contributed by atoms with Crippen LogP contribution < -0.4 is 0 Å². The number of nitrogens with zero attached hydrogens (tertiary/aromatic N) is 1. The van der Waals surface area contributed by atoms with Crippen molar-refractivity contribution >= 4 is 5.97 Å². The van der Waals surface area contributed by atoms with Crippen molar-refractivity contribution < 1.29 is 14.6 Å². The largest absolute Gasteiger partial charge is 0.479 e. The molecular formula is C9H15NO3. The van der Waals surface area contributed by atoms with E-state index in [1.54, 1.807) is 13.0 Å². The first kappa shape index (κ1) is 10.2. The molecule has 0 aromatic heterocycles. The molecule has 1 N–H and O–H groups in total. The van der Waals surface area contributed by atoms with Gasteiger partial charge in [-0.25, -0.2) is 4.79 Å². The van der Waals surface area contributed by atoms with Gasteiger partial charge < -0.3 is 9.84 Å². The summed E-state index contributed by atoms with van der Waals surface area (Å²) in [7, 11) is 0. The summed E-state index contributed by atoms with van der Waals surface area (Å²) in [5, 5.41) is 8.91. The average Bonchev–Trinajstić information content (AvgIpc) is 2.04. The van der Waals surface area contributed by atoms with Gasteiger partial charge in [0.25, 0.3) is 0 Å². The van der Waals surface area contributed by atoms with E-state index in [2.05, 4.69) is 6.58 Å². The van der Waals surface area contributed by atoms with E-state index in [-0.39, 0.29) is 0 Å². The molecule has 0 saturated carbocycles. The zero-order valence-corrected chi connectivity index (χ0v) is 7.82. The van der Waals surface area contributed by atoms with Gasteiger partial charge in [0, 0.05) is 19.6 Å². The first-order valence-corrected chi connectivity index (χ1v) is 4.29. The predicted octanol–water partition coefficient (Wildman–Crippen LogP) is 0.348. The molecule has 1 heterocycles. The number of morpholine rings is 1. The fourth-order valence-corrected chi connectivity index (χ4v) is 1.42. The van der Waals surface area contributed by atoms with Gasteiger partial charge in [-0.3, -0.25) is 4.90 Å². The molecule has 0 aromatic rings. The van der Waals surface area contributed by atoms with Crippen LogP contribution in [0.5, 0.6) is 0 Å². The number of carboxylic acids is 1. The van der Waals surface area contributed by atoms with E-state index in [1.165, 1.54) is 0 Å². The lowest BCUT2D eigenvalue weighted by Crippen LogP contribution is -2.54. The molecule has 0 aliphatic carbocycles. The number of rotatable bonds is 3. The summed E-state index contributed by atoms with van der Waals surface area (Å²) in [5.74, 6) is -0.902. The maximum Gasteiger partial charge on any atom is 0.337 e. The summed E-state index contributed by atoms with van der Waals surface area (Å²) in [6.45, 7) is 7.60. The van der Waals surface area contributed by atoms with E-state index in [0.717, 1.165) is 6.54 Å². The topological polar surface area (TPSA) is 49.8 Å². The standard InChI is InChI=1S/C9H15NO3/c1-3-4-10-5-6-13-9(2,7-10)8(11)12/h3H,1,4-7H2,2H3,(H,11,12). The van der Waals surface area contributed by atoms with Crippen molar-refractivity contribution in [3.05, 3.63) is 12.7 Å². The fourth-order valence-electron chi connectivity index (χ4n) is 1.42. The summed E-state index contributed by atoms with van der Waals surface area (Å²) in [5.41, 5.74) is -1.05. The van der Waals surface area contributed by atoms with Gasteiger partial charge in [-0.15, -0.1) is 6.58 Å². The fraction of sp³-hybridized carbons (Fsp3) is 0.667. The van der Waals surface area contributed by atoms with E-state index >= 15 is 0 Å². The number of ether oxygens (including phenoxy) is 1. The lowest BCUT2D eigenvalue weighted by Gasteiger charge is -2.36. The molecule has 0 bridgehead atoms. The first-order chi connectivity index (χ1) is 6.08. The summed E-state index contributed by atoms with van der Waals surface area (Å²) in [4.78, 5) is 12.9. The number of hydrogen-bond acceptors (Lipinski definition) is 3. The molecule has 74 valence electrons. The van der Waals surface area contributed by atoms with Gasteiger partial charge in [0.1, 0.15) is 0 Å². The van der Waals surface area contributed by atoms with Gasteiger partial charge in [-0.1, -0.05) is 6.08 Å². The Balaban J connectivity index is 2.59. The third-order valence-corrected chi connectivity index (χ3v) is 2.19. The quantitative estimate of drug-likeness (QED) is 0.644. The number of hydrogen-bond donors (Lipinski definition) is 1. The van der Waals surface area contributed by atoms with Gasteiger partial charge in [-0.2, -0.15) is 0 Å². The molecule has 1 saturated heterocycles. The van der Waals surface area contributed by atoms with Crippen LogP contribution >= 0.6 is 0 Å².